The zero-order valence-corrected chi connectivity index (χ0v) is 34.5. The molecule has 7 aromatic rings. The van der Waals surface area contributed by atoms with Gasteiger partial charge >= 0.3 is 13.1 Å². The van der Waals surface area contributed by atoms with Gasteiger partial charge in [0.25, 0.3) is 11.8 Å². The Kier molecular flexibility index (Phi) is 10.5. The topological polar surface area (TPSA) is 160 Å². The van der Waals surface area contributed by atoms with Gasteiger partial charge in [0.1, 0.15) is 11.4 Å². The van der Waals surface area contributed by atoms with E-state index in [0.717, 1.165) is 47.7 Å². The number of amides is 2. The number of nitrogens with two attached hydrogens (primary N) is 2. The number of hydrogen-bond donors (Lipinski definition) is 4. The summed E-state index contributed by atoms with van der Waals surface area (Å²) in [6, 6.07) is 41.2. The van der Waals surface area contributed by atoms with Gasteiger partial charge in [-0.05, 0) is 89.6 Å². The Morgan fingerprint density at radius 2 is 1.15 bits per heavy atom. The first-order chi connectivity index (χ1) is 30.3. The number of piperidine rings is 2. The van der Waals surface area contributed by atoms with E-state index >= 15 is 0 Å². The van der Waals surface area contributed by atoms with Gasteiger partial charge in [0.05, 0.1) is 0 Å². The Hall–Kier alpha value is -6.47. The van der Waals surface area contributed by atoms with Crippen LogP contribution in [-0.4, -0.2) is 70.8 Å². The van der Waals surface area contributed by atoms with Crippen molar-refractivity contribution >= 4 is 52.2 Å². The quantitative estimate of drug-likeness (QED) is 0.116. The van der Waals surface area contributed by atoms with E-state index in [1.54, 1.807) is 0 Å². The normalized spacial score (nSPS) is 18.8. The van der Waals surface area contributed by atoms with Crippen molar-refractivity contribution in [2.75, 3.05) is 26.2 Å². The molecule has 3 fully saturated rings. The van der Waals surface area contributed by atoms with E-state index in [2.05, 4.69) is 46.4 Å². The van der Waals surface area contributed by atoms with Crippen molar-refractivity contribution in [1.29, 1.82) is 0 Å². The van der Waals surface area contributed by atoms with Crippen LogP contribution in [0.25, 0.3) is 21.8 Å². The third kappa shape index (κ3) is 7.07. The van der Waals surface area contributed by atoms with Crippen molar-refractivity contribution in [3.05, 3.63) is 172 Å². The third-order valence-electron chi connectivity index (χ3n) is 13.3. The lowest BCUT2D eigenvalue weighted by molar-refractivity contribution is -0.141. The van der Waals surface area contributed by atoms with E-state index in [4.69, 9.17) is 20.8 Å². The zero-order chi connectivity index (χ0) is 42.4. The summed E-state index contributed by atoms with van der Waals surface area (Å²) in [5.41, 5.74) is 19.1. The van der Waals surface area contributed by atoms with Crippen molar-refractivity contribution < 1.29 is 23.7 Å². The number of aromatic nitrogens is 2. The van der Waals surface area contributed by atoms with Crippen molar-refractivity contribution in [3.8, 4) is 0 Å². The molecule has 2 aromatic heterocycles. The van der Waals surface area contributed by atoms with Crippen molar-refractivity contribution in [2.24, 2.45) is 11.5 Å². The number of carbonyl (C=O) groups is 3. The molecule has 5 heterocycles. The van der Waals surface area contributed by atoms with Crippen LogP contribution in [0.5, 0.6) is 0 Å². The molecule has 10 rings (SSSR count). The monoisotopic (exact) mass is 824 g/mol. The number of H-pyrrole nitrogens is 2. The number of nitrogens with one attached hydrogen (secondary N) is 2. The first-order valence-electron chi connectivity index (χ1n) is 21.7. The van der Waals surface area contributed by atoms with Crippen LogP contribution in [0.2, 0.25) is 0 Å². The summed E-state index contributed by atoms with van der Waals surface area (Å²) in [4.78, 5) is 53.2. The average Bonchev–Trinajstić information content (AvgIpc) is 4.07. The minimum atomic E-state index is -1.66. The number of fused-ring (bicyclic) bond motifs is 2. The van der Waals surface area contributed by atoms with Gasteiger partial charge in [0, 0.05) is 72.1 Å². The zero-order valence-electron chi connectivity index (χ0n) is 34.5. The van der Waals surface area contributed by atoms with Gasteiger partial charge in [0.2, 0.25) is 5.60 Å². The molecule has 3 aliphatic heterocycles. The van der Waals surface area contributed by atoms with Crippen molar-refractivity contribution in [1.82, 2.24) is 19.8 Å². The van der Waals surface area contributed by atoms with E-state index in [9.17, 15) is 14.4 Å². The molecule has 12 heteroatoms. The second kappa shape index (κ2) is 16.4. The second-order valence-electron chi connectivity index (χ2n) is 16.9. The van der Waals surface area contributed by atoms with Crippen LogP contribution in [0.4, 0.5) is 0 Å². The summed E-state index contributed by atoms with van der Waals surface area (Å²) >= 11 is 0. The summed E-state index contributed by atoms with van der Waals surface area (Å²) in [5.74, 6) is 0.00341. The van der Waals surface area contributed by atoms with E-state index in [1.165, 1.54) is 11.1 Å². The molecule has 5 aromatic carbocycles. The highest BCUT2D eigenvalue weighted by molar-refractivity contribution is 6.67. The smallest absolute Gasteiger partial charge is 0.503 e. The molecule has 0 bridgehead atoms. The molecule has 0 aliphatic carbocycles. The minimum absolute atomic E-state index is 0.0737. The standard InChI is InChI=1S/C50H49BN6O5/c52-30-32-8-4-10-36(26-32)34-18-22-56(23-19-34)47(58)45-28-39-41(14-6-16-43(39)54-45)50(38-12-2-1-3-13-38)49(60)61-51(62-50)42-15-7-17-44-40(42)29-46(55-44)48(59)57-24-20-35(21-25-57)37-11-5-9-33(27-37)31-53/h1-17,26-29,34-35,54-55H,18-25,30-31,52-53H2/t50-/m1/s1. The van der Waals surface area contributed by atoms with Crippen LogP contribution in [0, 0.1) is 0 Å². The highest BCUT2D eigenvalue weighted by Crippen LogP contribution is 2.44. The number of likely N-dealkylation sites (tertiary alicyclic amines) is 2. The van der Waals surface area contributed by atoms with Crippen LogP contribution in [0.15, 0.2) is 127 Å². The van der Waals surface area contributed by atoms with E-state index in [-0.39, 0.29) is 11.8 Å². The van der Waals surface area contributed by atoms with Crippen molar-refractivity contribution in [2.45, 2.75) is 56.2 Å². The van der Waals surface area contributed by atoms with E-state index in [1.807, 2.05) is 101 Å². The van der Waals surface area contributed by atoms with Gasteiger partial charge in [-0.2, -0.15) is 0 Å². The van der Waals surface area contributed by atoms with Gasteiger partial charge in [-0.15, -0.1) is 0 Å². The minimum Gasteiger partial charge on any atom is -0.503 e. The summed E-state index contributed by atoms with van der Waals surface area (Å²) in [6.45, 7) is 3.55. The number of carbonyl (C=O) groups excluding carboxylic acids is 3. The lowest BCUT2D eigenvalue weighted by Gasteiger charge is -2.32. The molecule has 0 unspecified atom stereocenters. The molecule has 6 N–H and O–H groups in total. The fourth-order valence-corrected chi connectivity index (χ4v) is 9.92. The summed E-state index contributed by atoms with van der Waals surface area (Å²) < 4.78 is 13.2. The average molecular weight is 825 g/mol. The van der Waals surface area contributed by atoms with Crippen LogP contribution in [0.1, 0.15) is 91.9 Å². The van der Waals surface area contributed by atoms with E-state index in [0.29, 0.717) is 90.0 Å². The number of aromatic amines is 2. The molecule has 0 radical (unpaired) electrons. The maximum absolute atomic E-state index is 14.6. The second-order valence-corrected chi connectivity index (χ2v) is 16.9. The molecule has 3 saturated heterocycles. The number of benzene rings is 5. The molecule has 0 saturated carbocycles. The molecule has 2 amide bonds. The molecule has 3 aliphatic rings. The molecule has 0 spiro atoms. The van der Waals surface area contributed by atoms with Gasteiger partial charge in [-0.1, -0.05) is 103 Å². The SMILES string of the molecule is NCc1cccc(C2CCN(C(=O)c3cc4c(B5OC(=O)[C@@](c6ccccc6)(c6cccc7[nH]c(C(=O)N8CCC(c9cccc(CN)c9)CC8)cc67)O5)cccc4[nH]3)CC2)c1. The molecular weight excluding hydrogens is 775 g/mol. The Labute approximate surface area is 360 Å². The molecule has 11 nitrogen and oxygen atoms in total. The Morgan fingerprint density at radius 3 is 1.71 bits per heavy atom. The van der Waals surface area contributed by atoms with Gasteiger partial charge < -0.3 is 40.5 Å². The maximum Gasteiger partial charge on any atom is 0.566 e. The third-order valence-corrected chi connectivity index (χ3v) is 13.3. The summed E-state index contributed by atoms with van der Waals surface area (Å²) in [6.07, 6.45) is 3.45. The van der Waals surface area contributed by atoms with Crippen molar-refractivity contribution in [3.63, 3.8) is 0 Å². The fourth-order valence-electron chi connectivity index (χ4n) is 9.92. The number of hydrogen-bond acceptors (Lipinski definition) is 7. The van der Waals surface area contributed by atoms with Gasteiger partial charge in [0.15, 0.2) is 0 Å². The van der Waals surface area contributed by atoms with Crippen LogP contribution >= 0.6 is 0 Å². The van der Waals surface area contributed by atoms with E-state index < -0.39 is 18.7 Å². The molecule has 312 valence electrons. The van der Waals surface area contributed by atoms with Crippen LogP contribution in [-0.2, 0) is 32.8 Å². The lowest BCUT2D eigenvalue weighted by Crippen LogP contribution is -2.38. The maximum atomic E-state index is 14.6. The highest BCUT2D eigenvalue weighted by atomic mass is 16.7. The Bertz CT molecular complexity index is 2810. The molecule has 62 heavy (non-hydrogen) atoms. The Balaban J connectivity index is 0.914. The van der Waals surface area contributed by atoms with Gasteiger partial charge in [-0.25, -0.2) is 4.79 Å². The summed E-state index contributed by atoms with van der Waals surface area (Å²) in [5, 5.41) is 1.42. The Morgan fingerprint density at radius 1 is 0.629 bits per heavy atom. The number of rotatable bonds is 9. The highest BCUT2D eigenvalue weighted by Gasteiger charge is 2.57. The first-order valence-corrected chi connectivity index (χ1v) is 21.7. The largest absolute Gasteiger partial charge is 0.566 e. The van der Waals surface area contributed by atoms with Gasteiger partial charge in [-0.3, -0.25) is 9.59 Å². The first kappa shape index (κ1) is 39.7. The predicted molar refractivity (Wildman–Crippen MR) is 241 cm³/mol. The summed E-state index contributed by atoms with van der Waals surface area (Å²) in [7, 11) is -1.09. The predicted octanol–water partition coefficient (Wildman–Crippen LogP) is 6.82. The number of nitrogens with zero attached hydrogens (tertiary/aromatic N) is 2. The molecular formula is C50H49BN6O5. The molecule has 1 atom stereocenters. The van der Waals surface area contributed by atoms with Crippen LogP contribution in [0.3, 0.4) is 0 Å². The van der Waals surface area contributed by atoms with Crippen LogP contribution < -0.4 is 16.9 Å². The lowest BCUT2D eigenvalue weighted by atomic mass is 9.76. The fraction of sp³-hybridized carbons (Fsp3) is 0.260.